The van der Waals surface area contributed by atoms with Gasteiger partial charge in [0.05, 0.1) is 0 Å². The number of terminal acetylenes is 1. The highest BCUT2D eigenvalue weighted by Crippen LogP contribution is 2.10. The first-order chi connectivity index (χ1) is 5.77. The van der Waals surface area contributed by atoms with Crippen molar-refractivity contribution in [3.05, 3.63) is 29.6 Å². The summed E-state index contributed by atoms with van der Waals surface area (Å²) in [6, 6.07) is 4.20. The molecule has 0 saturated carbocycles. The molecule has 2 nitrogen and oxygen atoms in total. The third kappa shape index (κ3) is 1.84. The van der Waals surface area contributed by atoms with Crippen LogP contribution in [0.3, 0.4) is 0 Å². The Kier molecular flexibility index (Phi) is 2.84. The van der Waals surface area contributed by atoms with Gasteiger partial charge >= 0.3 is 0 Å². The molecule has 1 atom stereocenters. The van der Waals surface area contributed by atoms with E-state index in [0.717, 1.165) is 0 Å². The van der Waals surface area contributed by atoms with Crippen LogP contribution in [-0.2, 0) is 0 Å². The lowest BCUT2D eigenvalue weighted by Crippen LogP contribution is -2.12. The van der Waals surface area contributed by atoms with Gasteiger partial charge in [-0.1, -0.05) is 5.92 Å². The lowest BCUT2D eigenvalue weighted by Gasteiger charge is -2.09. The maximum atomic E-state index is 5.23. The van der Waals surface area contributed by atoms with Crippen molar-refractivity contribution in [1.29, 1.82) is 0 Å². The molecule has 1 rings (SSSR count). The fourth-order valence-electron chi connectivity index (χ4n) is 0.962. The van der Waals surface area contributed by atoms with E-state index in [1.165, 1.54) is 5.56 Å². The molecule has 0 unspecified atom stereocenters. The summed E-state index contributed by atoms with van der Waals surface area (Å²) in [5.74, 6) is 2.51. The predicted octanol–water partition coefficient (Wildman–Crippen LogP) is 1.34. The zero-order valence-corrected chi connectivity index (χ0v) is 7.33. The first kappa shape index (κ1) is 8.76. The van der Waals surface area contributed by atoms with Crippen LogP contribution >= 0.6 is 0 Å². The lowest BCUT2D eigenvalue weighted by atomic mass is 10.1. The quantitative estimate of drug-likeness (QED) is 0.660. The monoisotopic (exact) mass is 160 g/mol. The zero-order valence-electron chi connectivity index (χ0n) is 7.33. The highest BCUT2D eigenvalue weighted by molar-refractivity contribution is 5.29. The Morgan fingerprint density at radius 1 is 1.67 bits per heavy atom. The second-order valence-electron chi connectivity index (χ2n) is 2.63. The van der Waals surface area contributed by atoms with Crippen molar-refractivity contribution in [1.82, 2.24) is 10.3 Å². The van der Waals surface area contributed by atoms with Crippen LogP contribution < -0.4 is 5.32 Å². The molecule has 0 radical (unpaired) electrons. The third-order valence-corrected chi connectivity index (χ3v) is 1.86. The van der Waals surface area contributed by atoms with Gasteiger partial charge in [0, 0.05) is 12.2 Å². The minimum atomic E-state index is 0.320. The minimum Gasteiger partial charge on any atom is -0.313 e. The molecule has 0 spiro atoms. The van der Waals surface area contributed by atoms with Gasteiger partial charge in [0.1, 0.15) is 5.69 Å². The minimum absolute atomic E-state index is 0.320. The standard InChI is InChI=1S/C10H12N2/c1-4-10-7-9(5-6-12-10)8(2)11-3/h1,5-8,11H,2-3H3/t8-/m0/s1. The Balaban J connectivity index is 2.95. The molecular formula is C10H12N2. The molecule has 0 aliphatic heterocycles. The van der Waals surface area contributed by atoms with Crippen LogP contribution in [0.15, 0.2) is 18.3 Å². The summed E-state index contributed by atoms with van der Waals surface area (Å²) in [6.07, 6.45) is 6.96. The summed E-state index contributed by atoms with van der Waals surface area (Å²) in [7, 11) is 1.92. The smallest absolute Gasteiger partial charge is 0.113 e. The molecule has 2 heteroatoms. The van der Waals surface area contributed by atoms with Crippen LogP contribution in [0.25, 0.3) is 0 Å². The molecule has 0 fully saturated rings. The van der Waals surface area contributed by atoms with E-state index in [9.17, 15) is 0 Å². The van der Waals surface area contributed by atoms with Crippen molar-refractivity contribution in [2.75, 3.05) is 7.05 Å². The Bertz CT molecular complexity index is 299. The summed E-state index contributed by atoms with van der Waals surface area (Å²) in [5.41, 5.74) is 1.86. The average Bonchev–Trinajstić information content (AvgIpc) is 2.17. The van der Waals surface area contributed by atoms with Crippen LogP contribution in [0.2, 0.25) is 0 Å². The second-order valence-corrected chi connectivity index (χ2v) is 2.63. The maximum absolute atomic E-state index is 5.23. The summed E-state index contributed by atoms with van der Waals surface area (Å²) in [6.45, 7) is 2.08. The fourth-order valence-corrected chi connectivity index (χ4v) is 0.962. The number of pyridine rings is 1. The summed E-state index contributed by atoms with van der Waals surface area (Å²) >= 11 is 0. The molecule has 1 aromatic rings. The van der Waals surface area contributed by atoms with E-state index in [4.69, 9.17) is 6.42 Å². The molecule has 0 amide bonds. The lowest BCUT2D eigenvalue weighted by molar-refractivity contribution is 0.651. The molecule has 0 aliphatic rings. The van der Waals surface area contributed by atoms with E-state index in [1.54, 1.807) is 6.20 Å². The molecule has 0 bridgehead atoms. The van der Waals surface area contributed by atoms with Crippen molar-refractivity contribution in [3.63, 3.8) is 0 Å². The van der Waals surface area contributed by atoms with E-state index >= 15 is 0 Å². The number of rotatable bonds is 2. The largest absolute Gasteiger partial charge is 0.313 e. The Morgan fingerprint density at radius 2 is 2.42 bits per heavy atom. The van der Waals surface area contributed by atoms with Gasteiger partial charge in [-0.3, -0.25) is 0 Å². The van der Waals surface area contributed by atoms with Gasteiger partial charge in [-0.15, -0.1) is 6.42 Å². The van der Waals surface area contributed by atoms with Crippen molar-refractivity contribution in [3.8, 4) is 12.3 Å². The Labute approximate surface area is 73.0 Å². The summed E-state index contributed by atoms with van der Waals surface area (Å²) in [5, 5.41) is 3.14. The number of hydrogen-bond donors (Lipinski definition) is 1. The average molecular weight is 160 g/mol. The van der Waals surface area contributed by atoms with Crippen molar-refractivity contribution in [2.24, 2.45) is 0 Å². The number of aromatic nitrogens is 1. The highest BCUT2D eigenvalue weighted by Gasteiger charge is 2.01. The number of nitrogens with one attached hydrogen (secondary N) is 1. The third-order valence-electron chi connectivity index (χ3n) is 1.86. The van der Waals surface area contributed by atoms with Crippen LogP contribution in [0.4, 0.5) is 0 Å². The van der Waals surface area contributed by atoms with Crippen LogP contribution in [-0.4, -0.2) is 12.0 Å². The van der Waals surface area contributed by atoms with E-state index in [0.29, 0.717) is 11.7 Å². The Morgan fingerprint density at radius 3 is 3.00 bits per heavy atom. The normalized spacial score (nSPS) is 12.1. The predicted molar refractivity (Wildman–Crippen MR) is 49.6 cm³/mol. The first-order valence-electron chi connectivity index (χ1n) is 3.87. The van der Waals surface area contributed by atoms with E-state index in [-0.39, 0.29) is 0 Å². The van der Waals surface area contributed by atoms with Crippen LogP contribution in [0.1, 0.15) is 24.2 Å². The zero-order chi connectivity index (χ0) is 8.97. The molecule has 0 aliphatic carbocycles. The molecule has 62 valence electrons. The molecule has 1 heterocycles. The molecule has 0 saturated heterocycles. The Hall–Kier alpha value is -1.33. The fraction of sp³-hybridized carbons (Fsp3) is 0.300. The second kappa shape index (κ2) is 3.89. The summed E-state index contributed by atoms with van der Waals surface area (Å²) in [4.78, 5) is 4.01. The van der Waals surface area contributed by atoms with Crippen molar-refractivity contribution in [2.45, 2.75) is 13.0 Å². The molecule has 12 heavy (non-hydrogen) atoms. The van der Waals surface area contributed by atoms with Gasteiger partial charge < -0.3 is 5.32 Å². The van der Waals surface area contributed by atoms with Gasteiger partial charge in [0.25, 0.3) is 0 Å². The number of hydrogen-bond acceptors (Lipinski definition) is 2. The van der Waals surface area contributed by atoms with Gasteiger partial charge in [0.15, 0.2) is 0 Å². The SMILES string of the molecule is C#Cc1cc([C@H](C)NC)ccn1. The van der Waals surface area contributed by atoms with E-state index < -0.39 is 0 Å². The molecule has 0 aromatic carbocycles. The van der Waals surface area contributed by atoms with Crippen LogP contribution in [0, 0.1) is 12.3 Å². The van der Waals surface area contributed by atoms with Crippen LogP contribution in [0.5, 0.6) is 0 Å². The molecular weight excluding hydrogens is 148 g/mol. The van der Waals surface area contributed by atoms with Crippen molar-refractivity contribution >= 4 is 0 Å². The highest BCUT2D eigenvalue weighted by atomic mass is 14.9. The van der Waals surface area contributed by atoms with Gasteiger partial charge in [0.2, 0.25) is 0 Å². The number of nitrogens with zero attached hydrogens (tertiary/aromatic N) is 1. The summed E-state index contributed by atoms with van der Waals surface area (Å²) < 4.78 is 0. The maximum Gasteiger partial charge on any atom is 0.113 e. The topological polar surface area (TPSA) is 24.9 Å². The van der Waals surface area contributed by atoms with Gasteiger partial charge in [-0.2, -0.15) is 0 Å². The van der Waals surface area contributed by atoms with Crippen molar-refractivity contribution < 1.29 is 0 Å². The van der Waals surface area contributed by atoms with E-state index in [2.05, 4.69) is 23.1 Å². The molecule has 1 aromatic heterocycles. The first-order valence-corrected chi connectivity index (χ1v) is 3.87. The van der Waals surface area contributed by atoms with Gasteiger partial charge in [-0.25, -0.2) is 4.98 Å². The van der Waals surface area contributed by atoms with Gasteiger partial charge in [-0.05, 0) is 31.7 Å². The molecule has 1 N–H and O–H groups in total. The van der Waals surface area contributed by atoms with E-state index in [1.807, 2.05) is 19.2 Å².